The summed E-state index contributed by atoms with van der Waals surface area (Å²) in [6.45, 7) is 0. The van der Waals surface area contributed by atoms with E-state index < -0.39 is 0 Å². The van der Waals surface area contributed by atoms with Crippen molar-refractivity contribution in [2.75, 3.05) is 5.75 Å². The highest BCUT2D eigenvalue weighted by Crippen LogP contribution is 2.19. The van der Waals surface area contributed by atoms with Gasteiger partial charge in [0.2, 0.25) is 0 Å². The first-order valence-corrected chi connectivity index (χ1v) is 5.08. The molecule has 1 unspecified atom stereocenters. The van der Waals surface area contributed by atoms with E-state index in [1.165, 1.54) is 5.56 Å². The second-order valence-corrected chi connectivity index (χ2v) is 4.22. The molecule has 2 rings (SSSR count). The molecule has 1 aromatic carbocycles. The summed E-state index contributed by atoms with van der Waals surface area (Å²) < 4.78 is 3.37. The molecule has 0 amide bonds. The fraction of sp³-hybridized carbons (Fsp3) is 0.111. The van der Waals surface area contributed by atoms with Gasteiger partial charge in [-0.05, 0) is 11.6 Å². The zero-order valence-corrected chi connectivity index (χ0v) is 7.29. The minimum absolute atomic E-state index is 0.333. The molecular weight excluding hydrogens is 168 g/mol. The second kappa shape index (κ2) is 3.05. The van der Waals surface area contributed by atoms with Crippen LogP contribution in [0, 0.1) is 0 Å². The minimum Gasteiger partial charge on any atom is -0.351 e. The number of benzene rings is 1. The van der Waals surface area contributed by atoms with Gasteiger partial charge < -0.3 is 5.53 Å². The van der Waals surface area contributed by atoms with Crippen molar-refractivity contribution in [2.24, 2.45) is 0 Å². The summed E-state index contributed by atoms with van der Waals surface area (Å²) in [6, 6.07) is 8.02. The van der Waals surface area contributed by atoms with Gasteiger partial charge in [0.1, 0.15) is 0 Å². The van der Waals surface area contributed by atoms with Crippen molar-refractivity contribution in [3.63, 3.8) is 0 Å². The third-order valence-corrected chi connectivity index (χ3v) is 3.41. The van der Waals surface area contributed by atoms with Gasteiger partial charge >= 0.3 is 0 Å². The normalized spacial score (nSPS) is 19.8. The molecule has 0 aromatic heterocycles. The van der Waals surface area contributed by atoms with Gasteiger partial charge in [0.05, 0.1) is 10.6 Å². The van der Waals surface area contributed by atoms with E-state index in [1.807, 2.05) is 30.3 Å². The van der Waals surface area contributed by atoms with Gasteiger partial charge in [-0.3, -0.25) is 0 Å². The van der Waals surface area contributed by atoms with E-state index in [0.717, 1.165) is 10.6 Å². The average molecular weight is 176 g/mol. The van der Waals surface area contributed by atoms with E-state index in [-0.39, 0.29) is 10.7 Å². The molecule has 60 valence electrons. The van der Waals surface area contributed by atoms with Crippen LogP contribution < -0.4 is 4.16 Å². The molecule has 0 saturated heterocycles. The Kier molecular flexibility index (Phi) is 1.90. The van der Waals surface area contributed by atoms with Gasteiger partial charge in [0.25, 0.3) is 0 Å². The third-order valence-electron chi connectivity index (χ3n) is 1.82. The lowest BCUT2D eigenvalue weighted by Crippen LogP contribution is -2.03. The topological polar surface area (TPSA) is 36.4 Å². The molecule has 12 heavy (non-hydrogen) atoms. The largest absolute Gasteiger partial charge is 0.351 e. The second-order valence-electron chi connectivity index (χ2n) is 2.55. The van der Waals surface area contributed by atoms with Crippen LogP contribution in [0.4, 0.5) is 0 Å². The Morgan fingerprint density at radius 2 is 2.17 bits per heavy atom. The van der Waals surface area contributed by atoms with Crippen LogP contribution in [-0.4, -0.2) is 5.75 Å². The Bertz CT molecular complexity index is 389. The van der Waals surface area contributed by atoms with Crippen LogP contribution in [0.15, 0.2) is 35.2 Å². The fourth-order valence-corrected chi connectivity index (χ4v) is 2.52. The molecule has 1 heterocycles. The monoisotopic (exact) mass is 176 g/mol. The van der Waals surface area contributed by atoms with Crippen LogP contribution >= 0.6 is 0 Å². The summed E-state index contributed by atoms with van der Waals surface area (Å²) in [7, 11) is -0.333. The summed E-state index contributed by atoms with van der Waals surface area (Å²) in [5, 5.41) is 0. The van der Waals surface area contributed by atoms with E-state index in [1.54, 1.807) is 0 Å². The van der Waals surface area contributed by atoms with E-state index in [4.69, 9.17) is 5.53 Å². The molecule has 0 spiro atoms. The lowest BCUT2D eigenvalue weighted by Gasteiger charge is -2.04. The first-order valence-electron chi connectivity index (χ1n) is 3.73. The molecule has 0 saturated carbocycles. The quantitative estimate of drug-likeness (QED) is 0.428. The van der Waals surface area contributed by atoms with Crippen LogP contribution in [0.2, 0.25) is 0 Å². The van der Waals surface area contributed by atoms with Crippen molar-refractivity contribution >= 4 is 16.8 Å². The summed E-state index contributed by atoms with van der Waals surface area (Å²) in [5.74, 6) is 0.827. The van der Waals surface area contributed by atoms with Crippen molar-refractivity contribution in [1.29, 1.82) is 0 Å². The van der Waals surface area contributed by atoms with Crippen LogP contribution in [0.25, 0.3) is 11.6 Å². The standard InChI is InChI=1S/C9H8N2S/c10-11-12-7-3-5-8-4-1-2-6-9(8)12/h1-6H,7H2. The van der Waals surface area contributed by atoms with Crippen molar-refractivity contribution in [1.82, 2.24) is 4.16 Å². The summed E-state index contributed by atoms with van der Waals surface area (Å²) in [6.07, 6.45) is 4.12. The highest BCUT2D eigenvalue weighted by molar-refractivity contribution is 7.87. The molecule has 0 N–H and O–H groups in total. The van der Waals surface area contributed by atoms with Crippen LogP contribution in [0.5, 0.6) is 0 Å². The third kappa shape index (κ3) is 1.13. The summed E-state index contributed by atoms with van der Waals surface area (Å²) >= 11 is 0. The van der Waals surface area contributed by atoms with Crippen LogP contribution in [0.1, 0.15) is 5.56 Å². The van der Waals surface area contributed by atoms with Crippen LogP contribution in [-0.2, 0) is 10.7 Å². The zero-order chi connectivity index (χ0) is 8.39. The molecule has 0 radical (unpaired) electrons. The highest BCUT2D eigenvalue weighted by atomic mass is 32.2. The van der Waals surface area contributed by atoms with Crippen molar-refractivity contribution in [2.45, 2.75) is 4.90 Å². The molecule has 1 aliphatic heterocycles. The maximum absolute atomic E-state index is 8.74. The van der Waals surface area contributed by atoms with Gasteiger partial charge in [-0.15, -0.1) is 4.16 Å². The average Bonchev–Trinajstić information content (AvgIpc) is 2.17. The van der Waals surface area contributed by atoms with Crippen molar-refractivity contribution < 1.29 is 0 Å². The molecule has 2 nitrogen and oxygen atoms in total. The maximum atomic E-state index is 8.74. The fourth-order valence-electron chi connectivity index (χ4n) is 1.27. The number of hydrogen-bond acceptors (Lipinski definition) is 0. The molecule has 0 aliphatic carbocycles. The van der Waals surface area contributed by atoms with Gasteiger partial charge in [0.15, 0.2) is 10.7 Å². The van der Waals surface area contributed by atoms with Gasteiger partial charge in [0, 0.05) is 0 Å². The van der Waals surface area contributed by atoms with Gasteiger partial charge in [-0.1, -0.05) is 30.4 Å². The smallest absolute Gasteiger partial charge is 0.195 e. The van der Waals surface area contributed by atoms with Crippen molar-refractivity contribution in [3.8, 4) is 0 Å². The predicted molar refractivity (Wildman–Crippen MR) is 51.5 cm³/mol. The molecule has 0 bridgehead atoms. The van der Waals surface area contributed by atoms with E-state index in [0.29, 0.717) is 0 Å². The number of hydrogen-bond donors (Lipinski definition) is 0. The number of fused-ring (bicyclic) bond motifs is 1. The maximum Gasteiger partial charge on any atom is 0.195 e. The lowest BCUT2D eigenvalue weighted by atomic mass is 10.2. The Labute approximate surface area is 73.5 Å². The zero-order valence-electron chi connectivity index (χ0n) is 6.47. The van der Waals surface area contributed by atoms with E-state index in [9.17, 15) is 0 Å². The molecule has 1 aliphatic rings. The Morgan fingerprint density at radius 1 is 1.33 bits per heavy atom. The SMILES string of the molecule is [N-]=[N+]=S1CC=Cc2ccccc21. The number of nitrogens with zero attached hydrogens (tertiary/aromatic N) is 2. The molecule has 0 fully saturated rings. The van der Waals surface area contributed by atoms with Gasteiger partial charge in [-0.25, -0.2) is 0 Å². The minimum atomic E-state index is -0.333. The Hall–Kier alpha value is -1.18. The first-order chi connectivity index (χ1) is 5.92. The number of rotatable bonds is 0. The van der Waals surface area contributed by atoms with Gasteiger partial charge in [-0.2, -0.15) is 0 Å². The summed E-state index contributed by atoms with van der Waals surface area (Å²) in [4.78, 5) is 1.14. The Balaban J connectivity index is 2.68. The highest BCUT2D eigenvalue weighted by Gasteiger charge is 2.14. The molecule has 3 heteroatoms. The van der Waals surface area contributed by atoms with E-state index >= 15 is 0 Å². The lowest BCUT2D eigenvalue weighted by molar-refractivity contribution is 1.37. The van der Waals surface area contributed by atoms with Crippen LogP contribution in [0.3, 0.4) is 0 Å². The van der Waals surface area contributed by atoms with E-state index in [2.05, 4.69) is 10.2 Å². The molecule has 1 aromatic rings. The molecular formula is C9H8N2S. The predicted octanol–water partition coefficient (Wildman–Crippen LogP) is 1.96. The van der Waals surface area contributed by atoms with Crippen molar-refractivity contribution in [3.05, 3.63) is 41.4 Å². The first kappa shape index (κ1) is 7.47. The molecule has 1 atom stereocenters. The summed E-state index contributed by atoms with van der Waals surface area (Å²) in [5.41, 5.74) is 9.91. The Morgan fingerprint density at radius 3 is 3.00 bits per heavy atom.